The van der Waals surface area contributed by atoms with Crippen molar-refractivity contribution in [2.45, 2.75) is 20.4 Å². The Kier molecular flexibility index (Phi) is 5.69. The van der Waals surface area contributed by atoms with E-state index >= 15 is 0 Å². The van der Waals surface area contributed by atoms with Crippen molar-refractivity contribution in [2.24, 2.45) is 13.0 Å². The molecule has 2 aromatic heterocycles. The normalized spacial score (nSPS) is 11.2. The molecular formula is C20H21N3O5S. The maximum Gasteiger partial charge on any atom is 0.348 e. The van der Waals surface area contributed by atoms with E-state index in [0.717, 1.165) is 14.7 Å². The van der Waals surface area contributed by atoms with Gasteiger partial charge in [-0.3, -0.25) is 18.7 Å². The topological polar surface area (TPSA) is 113 Å². The van der Waals surface area contributed by atoms with Crippen molar-refractivity contribution < 1.29 is 14.3 Å². The number of Topliss-reactive ketones (excluding diaryl/α,β-unsaturated/α-hetero) is 1. The van der Waals surface area contributed by atoms with Gasteiger partial charge in [0.25, 0.3) is 5.56 Å². The highest BCUT2D eigenvalue weighted by Crippen LogP contribution is 2.25. The Morgan fingerprint density at radius 3 is 2.55 bits per heavy atom. The number of benzene rings is 1. The van der Waals surface area contributed by atoms with Gasteiger partial charge >= 0.3 is 11.7 Å². The van der Waals surface area contributed by atoms with Crippen LogP contribution in [0, 0.1) is 5.92 Å². The summed E-state index contributed by atoms with van der Waals surface area (Å²) in [6.45, 7) is 3.36. The molecule has 0 radical (unpaired) electrons. The number of ketones is 1. The Morgan fingerprint density at radius 1 is 1.21 bits per heavy atom. The van der Waals surface area contributed by atoms with Crippen LogP contribution in [-0.4, -0.2) is 27.5 Å². The molecule has 0 amide bonds. The van der Waals surface area contributed by atoms with Gasteiger partial charge in [-0.25, -0.2) is 9.59 Å². The van der Waals surface area contributed by atoms with Gasteiger partial charge in [0.2, 0.25) is 5.78 Å². The molecule has 152 valence electrons. The minimum absolute atomic E-state index is 0.0706. The molecule has 2 heterocycles. The number of nitrogens with zero attached hydrogens (tertiary/aromatic N) is 2. The number of esters is 1. The lowest BCUT2D eigenvalue weighted by Gasteiger charge is -2.16. The van der Waals surface area contributed by atoms with E-state index in [9.17, 15) is 19.2 Å². The molecule has 0 saturated carbocycles. The van der Waals surface area contributed by atoms with Crippen molar-refractivity contribution in [3.63, 3.8) is 0 Å². The number of carbonyl (C=O) groups excluding carboxylic acids is 2. The van der Waals surface area contributed by atoms with Crippen LogP contribution < -0.4 is 17.0 Å². The molecule has 0 aliphatic carbocycles. The van der Waals surface area contributed by atoms with Crippen molar-refractivity contribution in [1.82, 2.24) is 9.13 Å². The molecule has 0 fully saturated rings. The average Bonchev–Trinajstić information content (AvgIpc) is 3.12. The second kappa shape index (κ2) is 8.04. The van der Waals surface area contributed by atoms with E-state index in [0.29, 0.717) is 4.88 Å². The number of aromatic nitrogens is 2. The van der Waals surface area contributed by atoms with E-state index in [4.69, 9.17) is 10.5 Å². The third-order valence-electron chi connectivity index (χ3n) is 4.37. The van der Waals surface area contributed by atoms with Crippen LogP contribution in [0.1, 0.15) is 33.9 Å². The lowest BCUT2D eigenvalue weighted by molar-refractivity contribution is 0.0479. The fraction of sp³-hybridized carbons (Fsp3) is 0.300. The first-order chi connectivity index (χ1) is 13.7. The third kappa shape index (κ3) is 4.00. The highest BCUT2D eigenvalue weighted by molar-refractivity contribution is 7.20. The predicted molar refractivity (Wildman–Crippen MR) is 112 cm³/mol. The molecule has 3 aromatic rings. The minimum atomic E-state index is -0.810. The summed E-state index contributed by atoms with van der Waals surface area (Å²) >= 11 is 1.25. The third-order valence-corrected chi connectivity index (χ3v) is 5.47. The number of rotatable bonds is 6. The fourth-order valence-corrected chi connectivity index (χ4v) is 3.90. The molecule has 0 saturated heterocycles. The quantitative estimate of drug-likeness (QED) is 0.487. The number of fused-ring (bicyclic) bond motifs is 1. The van der Waals surface area contributed by atoms with Gasteiger partial charge in [-0.15, -0.1) is 11.3 Å². The number of hydrogen-bond donors (Lipinski definition) is 1. The molecule has 9 heteroatoms. The summed E-state index contributed by atoms with van der Waals surface area (Å²) in [5, 5.41) is 0.898. The van der Waals surface area contributed by atoms with E-state index in [1.807, 2.05) is 38.1 Å². The van der Waals surface area contributed by atoms with Gasteiger partial charge in [0, 0.05) is 18.3 Å². The lowest BCUT2D eigenvalue weighted by Crippen LogP contribution is -2.43. The molecular weight excluding hydrogens is 394 g/mol. The van der Waals surface area contributed by atoms with Crippen LogP contribution in [0.2, 0.25) is 0 Å². The first kappa shape index (κ1) is 20.5. The second-order valence-corrected chi connectivity index (χ2v) is 8.14. The zero-order valence-corrected chi connectivity index (χ0v) is 17.1. The zero-order valence-electron chi connectivity index (χ0n) is 16.3. The van der Waals surface area contributed by atoms with E-state index in [1.165, 1.54) is 23.0 Å². The number of ether oxygens (including phenoxy) is 1. The van der Waals surface area contributed by atoms with Crippen LogP contribution in [-0.2, 0) is 18.3 Å². The molecule has 0 aliphatic heterocycles. The predicted octanol–water partition coefficient (Wildman–Crippen LogP) is 2.04. The van der Waals surface area contributed by atoms with Gasteiger partial charge in [-0.05, 0) is 23.4 Å². The van der Waals surface area contributed by atoms with E-state index < -0.39 is 29.6 Å². The van der Waals surface area contributed by atoms with Gasteiger partial charge in [-0.2, -0.15) is 0 Å². The summed E-state index contributed by atoms with van der Waals surface area (Å²) in [6.07, 6.45) is 0. The van der Waals surface area contributed by atoms with Crippen LogP contribution in [0.5, 0.6) is 0 Å². The standard InChI is InChI=1S/C20H21N3O5S/c1-11(2)9-23-17(21)16(18(25)22(3)20(23)27)13(24)10-28-19(26)15-8-12-6-4-5-7-14(12)29-15/h4-8,11H,9-10,21H2,1-3H3. The van der Waals surface area contributed by atoms with Crippen LogP contribution in [0.25, 0.3) is 10.1 Å². The molecule has 0 bridgehead atoms. The maximum absolute atomic E-state index is 12.6. The zero-order chi connectivity index (χ0) is 21.3. The van der Waals surface area contributed by atoms with Crippen molar-refractivity contribution in [1.29, 1.82) is 0 Å². The van der Waals surface area contributed by atoms with E-state index in [1.54, 1.807) is 6.07 Å². The minimum Gasteiger partial charge on any atom is -0.453 e. The highest BCUT2D eigenvalue weighted by Gasteiger charge is 2.23. The summed E-state index contributed by atoms with van der Waals surface area (Å²) in [7, 11) is 1.28. The summed E-state index contributed by atoms with van der Waals surface area (Å²) < 4.78 is 8.05. The fourth-order valence-electron chi connectivity index (χ4n) is 2.94. The number of carbonyl (C=O) groups is 2. The first-order valence-electron chi connectivity index (χ1n) is 8.99. The summed E-state index contributed by atoms with van der Waals surface area (Å²) in [5.41, 5.74) is 4.20. The van der Waals surface area contributed by atoms with Gasteiger partial charge < -0.3 is 10.5 Å². The maximum atomic E-state index is 12.6. The summed E-state index contributed by atoms with van der Waals surface area (Å²) in [4.78, 5) is 50.0. The summed E-state index contributed by atoms with van der Waals surface area (Å²) in [6, 6.07) is 9.16. The van der Waals surface area contributed by atoms with Crippen molar-refractivity contribution in [2.75, 3.05) is 12.3 Å². The molecule has 0 unspecified atom stereocenters. The van der Waals surface area contributed by atoms with Gasteiger partial charge in [0.05, 0.1) is 0 Å². The molecule has 29 heavy (non-hydrogen) atoms. The monoisotopic (exact) mass is 415 g/mol. The Hall–Kier alpha value is -3.20. The SMILES string of the molecule is CC(C)Cn1c(N)c(C(=O)COC(=O)c2cc3ccccc3s2)c(=O)n(C)c1=O. The van der Waals surface area contributed by atoms with Crippen molar-refractivity contribution in [3.05, 3.63) is 61.6 Å². The Labute approximate surface area is 170 Å². The van der Waals surface area contributed by atoms with Gasteiger partial charge in [-0.1, -0.05) is 32.0 Å². The van der Waals surface area contributed by atoms with Gasteiger partial charge in [0.1, 0.15) is 16.3 Å². The first-order valence-corrected chi connectivity index (χ1v) is 9.80. The van der Waals surface area contributed by atoms with Crippen LogP contribution in [0.3, 0.4) is 0 Å². The van der Waals surface area contributed by atoms with E-state index in [-0.39, 0.29) is 23.8 Å². The van der Waals surface area contributed by atoms with Crippen LogP contribution >= 0.6 is 11.3 Å². The summed E-state index contributed by atoms with van der Waals surface area (Å²) in [5.74, 6) is -1.56. The molecule has 1 aromatic carbocycles. The number of anilines is 1. The van der Waals surface area contributed by atoms with E-state index in [2.05, 4.69) is 0 Å². The molecule has 3 rings (SSSR count). The molecule has 8 nitrogen and oxygen atoms in total. The van der Waals surface area contributed by atoms with Crippen molar-refractivity contribution >= 4 is 39.0 Å². The average molecular weight is 415 g/mol. The molecule has 0 aliphatic rings. The molecule has 0 atom stereocenters. The number of nitrogen functional groups attached to an aromatic ring is 1. The van der Waals surface area contributed by atoms with Crippen LogP contribution in [0.4, 0.5) is 5.82 Å². The molecule has 2 N–H and O–H groups in total. The Balaban J connectivity index is 1.85. The second-order valence-electron chi connectivity index (χ2n) is 7.06. The Bertz CT molecular complexity index is 1190. The Morgan fingerprint density at radius 2 is 1.90 bits per heavy atom. The highest BCUT2D eigenvalue weighted by atomic mass is 32.1. The van der Waals surface area contributed by atoms with Gasteiger partial charge in [0.15, 0.2) is 6.61 Å². The largest absolute Gasteiger partial charge is 0.453 e. The van der Waals surface area contributed by atoms with Crippen LogP contribution in [0.15, 0.2) is 39.9 Å². The number of thiophene rings is 1. The number of nitrogens with two attached hydrogens (primary N) is 1. The molecule has 0 spiro atoms. The lowest BCUT2D eigenvalue weighted by atomic mass is 10.1. The smallest absolute Gasteiger partial charge is 0.348 e. The number of hydrogen-bond acceptors (Lipinski definition) is 7. The van der Waals surface area contributed by atoms with Crippen molar-refractivity contribution in [3.8, 4) is 0 Å².